The average Bonchev–Trinajstić information content (AvgIpc) is 3.10. The number of hydrogen-bond acceptors (Lipinski definition) is 5. The zero-order valence-corrected chi connectivity index (χ0v) is 12.8. The van der Waals surface area contributed by atoms with Crippen LogP contribution < -0.4 is 10.1 Å². The number of nitrogens with zero attached hydrogens (tertiary/aromatic N) is 1. The van der Waals surface area contributed by atoms with Crippen molar-refractivity contribution in [3.8, 4) is 5.75 Å². The van der Waals surface area contributed by atoms with E-state index in [9.17, 15) is 4.79 Å². The van der Waals surface area contributed by atoms with Gasteiger partial charge in [-0.25, -0.2) is 4.79 Å². The Kier molecular flexibility index (Phi) is 4.20. The van der Waals surface area contributed by atoms with E-state index in [1.807, 2.05) is 31.2 Å². The molecule has 6 heteroatoms. The molecule has 1 aliphatic heterocycles. The molecule has 2 aromatic rings. The van der Waals surface area contributed by atoms with Crippen molar-refractivity contribution in [3.05, 3.63) is 30.0 Å². The minimum atomic E-state index is -0.232. The number of carbonyl (C=O) groups is 1. The SMILES string of the molecule is COc1ccc2oc(CN[C@H](C)CN3CCOC3=O)cc2c1. The van der Waals surface area contributed by atoms with E-state index in [0.717, 1.165) is 22.5 Å². The number of ether oxygens (including phenoxy) is 2. The molecule has 0 bridgehead atoms. The number of fused-ring (bicyclic) bond motifs is 1. The highest BCUT2D eigenvalue weighted by Gasteiger charge is 2.23. The molecule has 1 saturated heterocycles. The van der Waals surface area contributed by atoms with Crippen LogP contribution in [0.4, 0.5) is 4.79 Å². The Bertz CT molecular complexity index is 667. The van der Waals surface area contributed by atoms with Gasteiger partial charge in [0.2, 0.25) is 0 Å². The van der Waals surface area contributed by atoms with Crippen LogP contribution in [0.25, 0.3) is 11.0 Å². The molecule has 0 saturated carbocycles. The maximum absolute atomic E-state index is 11.4. The highest BCUT2D eigenvalue weighted by Crippen LogP contribution is 2.24. The largest absolute Gasteiger partial charge is 0.497 e. The smallest absolute Gasteiger partial charge is 0.409 e. The molecule has 0 unspecified atom stereocenters. The van der Waals surface area contributed by atoms with Crippen molar-refractivity contribution < 1.29 is 18.7 Å². The van der Waals surface area contributed by atoms with Gasteiger partial charge in [-0.1, -0.05) is 0 Å². The first kappa shape index (κ1) is 14.7. The van der Waals surface area contributed by atoms with Crippen molar-refractivity contribution in [2.45, 2.75) is 19.5 Å². The minimum absolute atomic E-state index is 0.161. The first-order valence-corrected chi connectivity index (χ1v) is 7.37. The third-order valence-electron chi connectivity index (χ3n) is 3.74. The van der Waals surface area contributed by atoms with Crippen LogP contribution in [-0.2, 0) is 11.3 Å². The third-order valence-corrected chi connectivity index (χ3v) is 3.74. The van der Waals surface area contributed by atoms with Crippen LogP contribution in [0.1, 0.15) is 12.7 Å². The van der Waals surface area contributed by atoms with Gasteiger partial charge in [0.05, 0.1) is 20.2 Å². The Morgan fingerprint density at radius 3 is 3.00 bits per heavy atom. The number of amides is 1. The van der Waals surface area contributed by atoms with Crippen LogP contribution in [-0.4, -0.2) is 43.8 Å². The highest BCUT2D eigenvalue weighted by atomic mass is 16.6. The van der Waals surface area contributed by atoms with E-state index in [1.54, 1.807) is 12.0 Å². The molecule has 2 heterocycles. The maximum atomic E-state index is 11.4. The van der Waals surface area contributed by atoms with Crippen molar-refractivity contribution >= 4 is 17.1 Å². The summed E-state index contributed by atoms with van der Waals surface area (Å²) in [7, 11) is 1.65. The fourth-order valence-electron chi connectivity index (χ4n) is 2.55. The van der Waals surface area contributed by atoms with Crippen LogP contribution in [0.2, 0.25) is 0 Å². The summed E-state index contributed by atoms with van der Waals surface area (Å²) in [4.78, 5) is 13.1. The number of benzene rings is 1. The lowest BCUT2D eigenvalue weighted by molar-refractivity contribution is 0.156. The Balaban J connectivity index is 1.57. The fraction of sp³-hybridized carbons (Fsp3) is 0.438. The number of furan rings is 1. The summed E-state index contributed by atoms with van der Waals surface area (Å²) in [5.41, 5.74) is 0.841. The summed E-state index contributed by atoms with van der Waals surface area (Å²) >= 11 is 0. The van der Waals surface area contributed by atoms with Crippen molar-refractivity contribution in [2.24, 2.45) is 0 Å². The van der Waals surface area contributed by atoms with Gasteiger partial charge in [0.25, 0.3) is 0 Å². The normalized spacial score (nSPS) is 16.1. The second-order valence-corrected chi connectivity index (χ2v) is 5.46. The van der Waals surface area contributed by atoms with E-state index in [4.69, 9.17) is 13.9 Å². The third kappa shape index (κ3) is 3.17. The number of carbonyl (C=O) groups excluding carboxylic acids is 1. The van der Waals surface area contributed by atoms with Crippen LogP contribution in [0.15, 0.2) is 28.7 Å². The molecule has 22 heavy (non-hydrogen) atoms. The predicted octanol–water partition coefficient (Wildman–Crippen LogP) is 2.37. The van der Waals surface area contributed by atoms with Crippen molar-refractivity contribution in [2.75, 3.05) is 26.8 Å². The summed E-state index contributed by atoms with van der Waals surface area (Å²) in [6.45, 7) is 4.43. The standard InChI is InChI=1S/C16H20N2O4/c1-11(10-18-5-6-21-16(18)19)17-9-14-8-12-7-13(20-2)3-4-15(12)22-14/h3-4,7-8,11,17H,5-6,9-10H2,1-2H3/t11-/m1/s1. The molecule has 6 nitrogen and oxygen atoms in total. The number of rotatable bonds is 6. The number of nitrogens with one attached hydrogen (secondary N) is 1. The lowest BCUT2D eigenvalue weighted by atomic mass is 10.2. The molecule has 1 amide bonds. The molecule has 1 atom stereocenters. The molecule has 3 rings (SSSR count). The van der Waals surface area contributed by atoms with Crippen LogP contribution in [0.3, 0.4) is 0 Å². The van der Waals surface area contributed by atoms with Crippen LogP contribution in [0, 0.1) is 0 Å². The molecule has 118 valence electrons. The number of cyclic esters (lactones) is 1. The molecule has 1 aromatic heterocycles. The van der Waals surface area contributed by atoms with E-state index >= 15 is 0 Å². The summed E-state index contributed by atoms with van der Waals surface area (Å²) in [6.07, 6.45) is -0.232. The molecule has 1 aromatic carbocycles. The second kappa shape index (κ2) is 6.27. The van der Waals surface area contributed by atoms with Crippen molar-refractivity contribution in [1.82, 2.24) is 10.2 Å². The molecule has 0 aliphatic carbocycles. The fourth-order valence-corrected chi connectivity index (χ4v) is 2.55. The summed E-state index contributed by atoms with van der Waals surface area (Å²) in [5, 5.41) is 4.38. The van der Waals surface area contributed by atoms with Gasteiger partial charge in [-0.15, -0.1) is 0 Å². The Morgan fingerprint density at radius 2 is 2.27 bits per heavy atom. The van der Waals surface area contributed by atoms with Gasteiger partial charge in [-0.05, 0) is 31.2 Å². The van der Waals surface area contributed by atoms with E-state index in [1.165, 1.54) is 0 Å². The van der Waals surface area contributed by atoms with Gasteiger partial charge in [-0.3, -0.25) is 0 Å². The zero-order chi connectivity index (χ0) is 15.5. The Morgan fingerprint density at radius 1 is 1.41 bits per heavy atom. The maximum Gasteiger partial charge on any atom is 0.409 e. The summed E-state index contributed by atoms with van der Waals surface area (Å²) in [6, 6.07) is 7.90. The first-order valence-electron chi connectivity index (χ1n) is 7.37. The molecular weight excluding hydrogens is 284 g/mol. The predicted molar refractivity (Wildman–Crippen MR) is 82.0 cm³/mol. The van der Waals surface area contributed by atoms with Crippen molar-refractivity contribution in [1.29, 1.82) is 0 Å². The zero-order valence-electron chi connectivity index (χ0n) is 12.8. The molecule has 1 aliphatic rings. The first-order chi connectivity index (χ1) is 10.7. The number of methoxy groups -OCH3 is 1. The number of hydrogen-bond donors (Lipinski definition) is 1. The summed E-state index contributed by atoms with van der Waals surface area (Å²) < 4.78 is 15.9. The Labute approximate surface area is 129 Å². The highest BCUT2D eigenvalue weighted by molar-refractivity contribution is 5.79. The quantitative estimate of drug-likeness (QED) is 0.887. The minimum Gasteiger partial charge on any atom is -0.497 e. The molecule has 0 spiro atoms. The molecule has 1 fully saturated rings. The van der Waals surface area contributed by atoms with Gasteiger partial charge >= 0.3 is 6.09 Å². The van der Waals surface area contributed by atoms with Gasteiger partial charge in [0.15, 0.2) is 0 Å². The molecule has 0 radical (unpaired) electrons. The lowest BCUT2D eigenvalue weighted by Crippen LogP contribution is -2.39. The van der Waals surface area contributed by atoms with Crippen LogP contribution >= 0.6 is 0 Å². The second-order valence-electron chi connectivity index (χ2n) is 5.46. The van der Waals surface area contributed by atoms with Gasteiger partial charge in [0, 0.05) is 18.0 Å². The molecule has 1 N–H and O–H groups in total. The van der Waals surface area contributed by atoms with E-state index in [2.05, 4.69) is 5.32 Å². The monoisotopic (exact) mass is 304 g/mol. The van der Waals surface area contributed by atoms with Crippen LogP contribution in [0.5, 0.6) is 5.75 Å². The summed E-state index contributed by atoms with van der Waals surface area (Å²) in [5.74, 6) is 1.67. The average molecular weight is 304 g/mol. The molecular formula is C16H20N2O4. The van der Waals surface area contributed by atoms with Gasteiger partial charge in [0.1, 0.15) is 23.7 Å². The van der Waals surface area contributed by atoms with E-state index in [0.29, 0.717) is 26.2 Å². The van der Waals surface area contributed by atoms with Gasteiger partial charge < -0.3 is 24.1 Å². The van der Waals surface area contributed by atoms with Gasteiger partial charge in [-0.2, -0.15) is 0 Å². The topological polar surface area (TPSA) is 63.9 Å². The van der Waals surface area contributed by atoms with E-state index in [-0.39, 0.29) is 12.1 Å². The van der Waals surface area contributed by atoms with E-state index < -0.39 is 0 Å². The Hall–Kier alpha value is -2.21. The lowest BCUT2D eigenvalue weighted by Gasteiger charge is -2.19. The van der Waals surface area contributed by atoms with Crippen molar-refractivity contribution in [3.63, 3.8) is 0 Å².